The first-order chi connectivity index (χ1) is 13.7. The normalized spacial score (nSPS) is 10.9. The highest BCUT2D eigenvalue weighted by atomic mass is 32.1. The Labute approximate surface area is 167 Å². The van der Waals surface area contributed by atoms with Gasteiger partial charge < -0.3 is 14.5 Å². The smallest absolute Gasteiger partial charge is 0.336 e. The Bertz CT molecular complexity index is 966. The zero-order valence-corrected chi connectivity index (χ0v) is 15.6. The molecule has 2 aromatic carbocycles. The summed E-state index contributed by atoms with van der Waals surface area (Å²) in [6.07, 6.45) is 5.99. The van der Waals surface area contributed by atoms with Gasteiger partial charge in [0.2, 0.25) is 0 Å². The van der Waals surface area contributed by atoms with Crippen molar-refractivity contribution >= 4 is 41.3 Å². The summed E-state index contributed by atoms with van der Waals surface area (Å²) < 4.78 is 10.3. The number of rotatable bonds is 6. The van der Waals surface area contributed by atoms with E-state index in [1.807, 2.05) is 30.3 Å². The van der Waals surface area contributed by atoms with Crippen LogP contribution in [0.4, 0.5) is 5.69 Å². The molecule has 0 saturated carbocycles. The van der Waals surface area contributed by atoms with Gasteiger partial charge in [0.15, 0.2) is 5.11 Å². The Kier molecular flexibility index (Phi) is 6.70. The van der Waals surface area contributed by atoms with E-state index in [1.165, 1.54) is 12.3 Å². The number of anilines is 1. The van der Waals surface area contributed by atoms with Gasteiger partial charge >= 0.3 is 5.97 Å². The van der Waals surface area contributed by atoms with Crippen molar-refractivity contribution in [3.63, 3.8) is 0 Å². The zero-order valence-electron chi connectivity index (χ0n) is 14.7. The van der Waals surface area contributed by atoms with E-state index in [4.69, 9.17) is 21.4 Å². The SMILES string of the molecule is O=C(/C=C/c1ccco1)Oc1ccc(/C=N/NC(=S)Nc2ccccc2)cc1. The maximum atomic E-state index is 11.8. The lowest BCUT2D eigenvalue weighted by Gasteiger charge is -2.06. The van der Waals surface area contributed by atoms with Gasteiger partial charge in [0.25, 0.3) is 0 Å². The largest absolute Gasteiger partial charge is 0.465 e. The lowest BCUT2D eigenvalue weighted by molar-refractivity contribution is -0.128. The topological polar surface area (TPSA) is 75.9 Å². The number of carbonyl (C=O) groups is 1. The maximum absolute atomic E-state index is 11.8. The first kappa shape index (κ1) is 19.1. The van der Waals surface area contributed by atoms with Gasteiger partial charge in [-0.3, -0.25) is 5.43 Å². The van der Waals surface area contributed by atoms with Crippen LogP contribution in [0.2, 0.25) is 0 Å². The van der Waals surface area contributed by atoms with Crippen molar-refractivity contribution in [3.8, 4) is 5.75 Å². The van der Waals surface area contributed by atoms with Gasteiger partial charge in [-0.2, -0.15) is 5.10 Å². The second kappa shape index (κ2) is 9.84. The molecule has 0 unspecified atom stereocenters. The van der Waals surface area contributed by atoms with Crippen LogP contribution in [0, 0.1) is 0 Å². The van der Waals surface area contributed by atoms with Gasteiger partial charge in [0.05, 0.1) is 12.5 Å². The van der Waals surface area contributed by atoms with Crippen LogP contribution < -0.4 is 15.5 Å². The van der Waals surface area contributed by atoms with E-state index in [2.05, 4.69) is 15.8 Å². The third kappa shape index (κ3) is 6.22. The quantitative estimate of drug-likeness (QED) is 0.164. The fourth-order valence-corrected chi connectivity index (χ4v) is 2.32. The van der Waals surface area contributed by atoms with Gasteiger partial charge in [-0.1, -0.05) is 18.2 Å². The summed E-state index contributed by atoms with van der Waals surface area (Å²) in [7, 11) is 0. The van der Waals surface area contributed by atoms with Crippen molar-refractivity contribution in [2.45, 2.75) is 0 Å². The molecule has 28 heavy (non-hydrogen) atoms. The molecule has 6 nitrogen and oxygen atoms in total. The molecule has 0 aliphatic rings. The summed E-state index contributed by atoms with van der Waals surface area (Å²) in [5.74, 6) is 0.521. The van der Waals surface area contributed by atoms with Crippen molar-refractivity contribution in [2.24, 2.45) is 5.10 Å². The second-order valence-electron chi connectivity index (χ2n) is 5.53. The summed E-state index contributed by atoms with van der Waals surface area (Å²) in [5, 5.41) is 7.48. The monoisotopic (exact) mass is 391 g/mol. The standard InChI is InChI=1S/C21H17N3O3S/c25-20(13-12-18-7-4-14-26-18)27-19-10-8-16(9-11-19)15-22-24-21(28)23-17-5-2-1-3-6-17/h1-15H,(H2,23,24,28)/b13-12+,22-15+. The van der Waals surface area contributed by atoms with E-state index < -0.39 is 5.97 Å². The van der Waals surface area contributed by atoms with Gasteiger partial charge in [-0.25, -0.2) is 4.79 Å². The van der Waals surface area contributed by atoms with Crippen LogP contribution in [-0.2, 0) is 4.79 Å². The molecular formula is C21H17N3O3S. The number of nitrogens with zero attached hydrogens (tertiary/aromatic N) is 1. The Morgan fingerprint density at radius 2 is 1.82 bits per heavy atom. The summed E-state index contributed by atoms with van der Waals surface area (Å²) in [5.41, 5.74) is 4.44. The summed E-state index contributed by atoms with van der Waals surface area (Å²) >= 11 is 5.17. The highest BCUT2D eigenvalue weighted by Gasteiger charge is 2.01. The number of furan rings is 1. The summed E-state index contributed by atoms with van der Waals surface area (Å²) in [4.78, 5) is 11.8. The number of ether oxygens (including phenoxy) is 1. The van der Waals surface area contributed by atoms with Gasteiger partial charge in [0.1, 0.15) is 11.5 Å². The summed E-state index contributed by atoms with van der Waals surface area (Å²) in [6, 6.07) is 20.0. The van der Waals surface area contributed by atoms with Crippen molar-refractivity contribution in [1.82, 2.24) is 5.43 Å². The molecule has 2 N–H and O–H groups in total. The average molecular weight is 391 g/mol. The third-order valence-corrected chi connectivity index (χ3v) is 3.63. The molecular weight excluding hydrogens is 374 g/mol. The number of carbonyl (C=O) groups excluding carboxylic acids is 1. The molecule has 0 amide bonds. The minimum Gasteiger partial charge on any atom is -0.465 e. The van der Waals surface area contributed by atoms with Crippen LogP contribution in [0.1, 0.15) is 11.3 Å². The number of esters is 1. The van der Waals surface area contributed by atoms with Crippen LogP contribution in [0.25, 0.3) is 6.08 Å². The van der Waals surface area contributed by atoms with Gasteiger partial charge in [-0.05, 0) is 72.4 Å². The van der Waals surface area contributed by atoms with Crippen LogP contribution >= 0.6 is 12.2 Å². The van der Waals surface area contributed by atoms with Crippen molar-refractivity contribution in [2.75, 3.05) is 5.32 Å². The number of nitrogens with one attached hydrogen (secondary N) is 2. The Hall–Kier alpha value is -3.71. The van der Waals surface area contributed by atoms with Crippen molar-refractivity contribution < 1.29 is 13.9 Å². The molecule has 0 aliphatic carbocycles. The first-order valence-electron chi connectivity index (χ1n) is 8.37. The van der Waals surface area contributed by atoms with Crippen LogP contribution in [0.3, 0.4) is 0 Å². The van der Waals surface area contributed by atoms with E-state index in [-0.39, 0.29) is 0 Å². The molecule has 0 saturated heterocycles. The van der Waals surface area contributed by atoms with E-state index >= 15 is 0 Å². The minimum atomic E-state index is -0.489. The Balaban J connectivity index is 1.46. The van der Waals surface area contributed by atoms with Crippen LogP contribution in [-0.4, -0.2) is 17.3 Å². The number of hydrogen-bond donors (Lipinski definition) is 2. The number of hydrogen-bond acceptors (Lipinski definition) is 5. The zero-order chi connectivity index (χ0) is 19.6. The number of benzene rings is 2. The number of hydrazone groups is 1. The molecule has 0 aliphatic heterocycles. The lowest BCUT2D eigenvalue weighted by atomic mass is 10.2. The molecule has 140 valence electrons. The summed E-state index contributed by atoms with van der Waals surface area (Å²) in [6.45, 7) is 0. The molecule has 7 heteroatoms. The van der Waals surface area contributed by atoms with Crippen LogP contribution in [0.15, 0.2) is 88.6 Å². The van der Waals surface area contributed by atoms with Gasteiger partial charge in [-0.15, -0.1) is 0 Å². The molecule has 3 aromatic rings. The van der Waals surface area contributed by atoms with Crippen molar-refractivity contribution in [1.29, 1.82) is 0 Å². The fraction of sp³-hybridized carbons (Fsp3) is 0. The fourth-order valence-electron chi connectivity index (χ4n) is 2.15. The van der Waals surface area contributed by atoms with Crippen molar-refractivity contribution in [3.05, 3.63) is 90.4 Å². The maximum Gasteiger partial charge on any atom is 0.336 e. The predicted octanol–water partition coefficient (Wildman–Crippen LogP) is 4.22. The Morgan fingerprint density at radius 3 is 2.54 bits per heavy atom. The third-order valence-electron chi connectivity index (χ3n) is 3.44. The lowest BCUT2D eigenvalue weighted by Crippen LogP contribution is -2.23. The molecule has 1 heterocycles. The van der Waals surface area contributed by atoms with E-state index in [9.17, 15) is 4.79 Å². The first-order valence-corrected chi connectivity index (χ1v) is 8.78. The van der Waals surface area contributed by atoms with E-state index in [0.29, 0.717) is 16.6 Å². The highest BCUT2D eigenvalue weighted by Crippen LogP contribution is 2.12. The predicted molar refractivity (Wildman–Crippen MR) is 113 cm³/mol. The molecule has 0 radical (unpaired) electrons. The molecule has 1 aromatic heterocycles. The number of para-hydroxylation sites is 1. The molecule has 0 fully saturated rings. The van der Waals surface area contributed by atoms with E-state index in [0.717, 1.165) is 11.3 Å². The van der Waals surface area contributed by atoms with E-state index in [1.54, 1.807) is 48.7 Å². The second-order valence-corrected chi connectivity index (χ2v) is 5.94. The number of thiocarbonyl (C=S) groups is 1. The molecule has 0 bridgehead atoms. The average Bonchev–Trinajstić information content (AvgIpc) is 3.22. The van der Waals surface area contributed by atoms with Gasteiger partial charge in [0, 0.05) is 11.8 Å². The molecule has 3 rings (SSSR count). The molecule has 0 spiro atoms. The minimum absolute atomic E-state index is 0.386. The Morgan fingerprint density at radius 1 is 1.04 bits per heavy atom. The molecule has 0 atom stereocenters. The highest BCUT2D eigenvalue weighted by molar-refractivity contribution is 7.80. The van der Waals surface area contributed by atoms with Crippen LogP contribution in [0.5, 0.6) is 5.75 Å².